The summed E-state index contributed by atoms with van der Waals surface area (Å²) in [5, 5.41) is 8.59. The van der Waals surface area contributed by atoms with E-state index in [1.54, 1.807) is 6.20 Å². The molecule has 150 valence electrons. The van der Waals surface area contributed by atoms with Gasteiger partial charge in [0.05, 0.1) is 11.2 Å². The highest BCUT2D eigenvalue weighted by molar-refractivity contribution is 7.20. The molecule has 1 aromatic carbocycles. The van der Waals surface area contributed by atoms with Crippen LogP contribution < -0.4 is 4.74 Å². The average Bonchev–Trinajstić information content (AvgIpc) is 3.31. The standard InChI is InChI=1S/C20H19N3O2S.CH2O2/c1-2-9-23(10-3-1)13-16-11-14-6-7-15(12-17(14)24-16)25-20-22-19-18(26-20)5-4-8-21-19;2-1-3/h4-8,11-12H,1-3,9-10,13H2;1H,(H,2,3). The van der Waals surface area contributed by atoms with Gasteiger partial charge in [0.1, 0.15) is 17.1 Å². The van der Waals surface area contributed by atoms with E-state index in [9.17, 15) is 0 Å². The summed E-state index contributed by atoms with van der Waals surface area (Å²) in [6.45, 7) is 2.96. The van der Waals surface area contributed by atoms with E-state index in [1.807, 2.05) is 30.3 Å². The van der Waals surface area contributed by atoms with Gasteiger partial charge in [-0.1, -0.05) is 17.8 Å². The van der Waals surface area contributed by atoms with Crippen LogP contribution in [0.25, 0.3) is 21.3 Å². The number of fused-ring (bicyclic) bond motifs is 2. The molecule has 3 aromatic heterocycles. The van der Waals surface area contributed by atoms with E-state index in [4.69, 9.17) is 19.1 Å². The van der Waals surface area contributed by atoms with Gasteiger partial charge in [-0.15, -0.1) is 0 Å². The molecule has 0 atom stereocenters. The number of ether oxygens (including phenoxy) is 1. The molecular weight excluding hydrogens is 390 g/mol. The molecule has 29 heavy (non-hydrogen) atoms. The Bertz CT molecular complexity index is 1070. The number of likely N-dealkylation sites (tertiary alicyclic amines) is 1. The first-order valence-electron chi connectivity index (χ1n) is 9.47. The minimum absolute atomic E-state index is 0.250. The van der Waals surface area contributed by atoms with Crippen molar-refractivity contribution in [3.05, 3.63) is 48.4 Å². The molecule has 1 saturated heterocycles. The molecule has 1 aliphatic rings. The van der Waals surface area contributed by atoms with E-state index in [1.165, 1.54) is 30.6 Å². The largest absolute Gasteiger partial charge is 0.483 e. The van der Waals surface area contributed by atoms with Gasteiger partial charge in [-0.25, -0.2) is 4.98 Å². The Kier molecular flexibility index (Phi) is 6.02. The summed E-state index contributed by atoms with van der Waals surface area (Å²) in [6, 6.07) is 12.0. The number of piperidine rings is 1. The normalized spacial score (nSPS) is 14.5. The van der Waals surface area contributed by atoms with Crippen LogP contribution in [0.5, 0.6) is 10.9 Å². The summed E-state index contributed by atoms with van der Waals surface area (Å²) in [6.07, 6.45) is 5.66. The summed E-state index contributed by atoms with van der Waals surface area (Å²) < 4.78 is 13.0. The van der Waals surface area contributed by atoms with Gasteiger partial charge >= 0.3 is 0 Å². The van der Waals surface area contributed by atoms with Crippen LogP contribution in [-0.2, 0) is 11.3 Å². The molecule has 4 heterocycles. The smallest absolute Gasteiger partial charge is 0.290 e. The maximum atomic E-state index is 8.36. The van der Waals surface area contributed by atoms with E-state index in [0.717, 1.165) is 52.5 Å². The van der Waals surface area contributed by atoms with Crippen LogP contribution in [-0.4, -0.2) is 39.5 Å². The van der Waals surface area contributed by atoms with E-state index >= 15 is 0 Å². The lowest BCUT2D eigenvalue weighted by atomic mass is 10.1. The van der Waals surface area contributed by atoms with Crippen molar-refractivity contribution in [3.8, 4) is 10.9 Å². The minimum Gasteiger partial charge on any atom is -0.483 e. The van der Waals surface area contributed by atoms with Gasteiger partial charge in [0.15, 0.2) is 5.65 Å². The number of benzene rings is 1. The Labute approximate surface area is 171 Å². The maximum absolute atomic E-state index is 8.36. The molecule has 1 fully saturated rings. The van der Waals surface area contributed by atoms with E-state index < -0.39 is 0 Å². The Morgan fingerprint density at radius 1 is 1.21 bits per heavy atom. The fraction of sp³-hybridized carbons (Fsp3) is 0.286. The van der Waals surface area contributed by atoms with Crippen molar-refractivity contribution in [1.82, 2.24) is 14.9 Å². The number of pyridine rings is 1. The van der Waals surface area contributed by atoms with Gasteiger partial charge in [0, 0.05) is 17.6 Å². The molecule has 5 rings (SSSR count). The molecule has 0 radical (unpaired) electrons. The second-order valence-corrected chi connectivity index (χ2v) is 7.75. The number of hydrogen-bond acceptors (Lipinski definition) is 7. The summed E-state index contributed by atoms with van der Waals surface area (Å²) in [7, 11) is 0. The highest BCUT2D eigenvalue weighted by Crippen LogP contribution is 2.32. The van der Waals surface area contributed by atoms with E-state index in [2.05, 4.69) is 20.9 Å². The SMILES string of the molecule is O=CO.c1cnc2nc(Oc3ccc4cc(CN5CCCCC5)oc4c3)sc2c1. The second kappa shape index (κ2) is 9.02. The van der Waals surface area contributed by atoms with Crippen LogP contribution in [0.2, 0.25) is 0 Å². The molecule has 0 bridgehead atoms. The zero-order valence-corrected chi connectivity index (χ0v) is 16.6. The molecular formula is C21H21N3O4S. The quantitative estimate of drug-likeness (QED) is 0.477. The minimum atomic E-state index is -0.250. The number of hydrogen-bond donors (Lipinski definition) is 1. The van der Waals surface area contributed by atoms with Crippen molar-refractivity contribution in [1.29, 1.82) is 0 Å². The molecule has 0 spiro atoms. The van der Waals surface area contributed by atoms with Crippen LogP contribution in [0, 0.1) is 0 Å². The first kappa shape index (κ1) is 19.4. The van der Waals surface area contributed by atoms with Crippen molar-refractivity contribution in [2.75, 3.05) is 13.1 Å². The molecule has 7 nitrogen and oxygen atoms in total. The predicted octanol–water partition coefficient (Wildman–Crippen LogP) is 4.92. The number of rotatable bonds is 4. The van der Waals surface area contributed by atoms with Crippen molar-refractivity contribution in [2.45, 2.75) is 25.8 Å². The highest BCUT2D eigenvalue weighted by Gasteiger charge is 2.14. The van der Waals surface area contributed by atoms with Gasteiger partial charge < -0.3 is 14.3 Å². The Balaban J connectivity index is 0.000000645. The third-order valence-electron chi connectivity index (χ3n) is 4.72. The summed E-state index contributed by atoms with van der Waals surface area (Å²) in [4.78, 5) is 19.5. The van der Waals surface area contributed by atoms with Crippen LogP contribution in [0.1, 0.15) is 25.0 Å². The van der Waals surface area contributed by atoms with Gasteiger partial charge in [-0.3, -0.25) is 9.69 Å². The number of furan rings is 1. The van der Waals surface area contributed by atoms with Crippen molar-refractivity contribution >= 4 is 39.1 Å². The lowest BCUT2D eigenvalue weighted by Gasteiger charge is -2.25. The first-order chi connectivity index (χ1) is 14.2. The van der Waals surface area contributed by atoms with Crippen molar-refractivity contribution < 1.29 is 19.1 Å². The Hall–Kier alpha value is -2.97. The van der Waals surface area contributed by atoms with Crippen LogP contribution in [0.3, 0.4) is 0 Å². The van der Waals surface area contributed by atoms with Gasteiger partial charge in [0.25, 0.3) is 11.7 Å². The lowest BCUT2D eigenvalue weighted by Crippen LogP contribution is -2.28. The van der Waals surface area contributed by atoms with Crippen LogP contribution in [0.4, 0.5) is 0 Å². The number of aromatic nitrogens is 2. The van der Waals surface area contributed by atoms with Gasteiger partial charge in [-0.05, 0) is 56.3 Å². The maximum Gasteiger partial charge on any atom is 0.290 e. The number of nitrogens with zero attached hydrogens (tertiary/aromatic N) is 3. The monoisotopic (exact) mass is 411 g/mol. The molecule has 8 heteroatoms. The lowest BCUT2D eigenvalue weighted by molar-refractivity contribution is -0.122. The summed E-state index contributed by atoms with van der Waals surface area (Å²) in [5.41, 5.74) is 1.57. The van der Waals surface area contributed by atoms with Crippen molar-refractivity contribution in [2.24, 2.45) is 0 Å². The Morgan fingerprint density at radius 2 is 2.03 bits per heavy atom. The number of carbonyl (C=O) groups is 1. The molecule has 0 amide bonds. The third kappa shape index (κ3) is 4.72. The predicted molar refractivity (Wildman–Crippen MR) is 112 cm³/mol. The van der Waals surface area contributed by atoms with Crippen LogP contribution in [0.15, 0.2) is 47.0 Å². The third-order valence-corrected chi connectivity index (χ3v) is 5.61. The van der Waals surface area contributed by atoms with E-state index in [0.29, 0.717) is 5.19 Å². The molecule has 4 aromatic rings. The fourth-order valence-electron chi connectivity index (χ4n) is 3.44. The van der Waals surface area contributed by atoms with Crippen molar-refractivity contribution in [3.63, 3.8) is 0 Å². The zero-order chi connectivity index (χ0) is 20.1. The van der Waals surface area contributed by atoms with Crippen LogP contribution >= 0.6 is 11.3 Å². The molecule has 1 N–H and O–H groups in total. The summed E-state index contributed by atoms with van der Waals surface area (Å²) >= 11 is 1.49. The van der Waals surface area contributed by atoms with Gasteiger partial charge in [-0.2, -0.15) is 4.98 Å². The zero-order valence-electron chi connectivity index (χ0n) is 15.8. The Morgan fingerprint density at radius 3 is 2.83 bits per heavy atom. The molecule has 0 unspecified atom stereocenters. The first-order valence-corrected chi connectivity index (χ1v) is 10.3. The molecule has 1 aliphatic heterocycles. The molecule has 0 saturated carbocycles. The topological polar surface area (TPSA) is 88.7 Å². The average molecular weight is 411 g/mol. The number of thiazole rings is 1. The van der Waals surface area contributed by atoms with Gasteiger partial charge in [0.2, 0.25) is 0 Å². The number of carboxylic acid groups (broad SMARTS) is 1. The second-order valence-electron chi connectivity index (χ2n) is 6.76. The fourth-order valence-corrected chi connectivity index (χ4v) is 4.23. The highest BCUT2D eigenvalue weighted by atomic mass is 32.1. The van der Waals surface area contributed by atoms with E-state index in [-0.39, 0.29) is 6.47 Å². The summed E-state index contributed by atoms with van der Waals surface area (Å²) in [5.74, 6) is 1.75. The molecule has 0 aliphatic carbocycles.